The number of nitrogens with zero attached hydrogens (tertiary/aromatic N) is 1. The molecule has 1 aromatic rings. The summed E-state index contributed by atoms with van der Waals surface area (Å²) in [5.41, 5.74) is 5.06. The Morgan fingerprint density at radius 3 is 2.53 bits per heavy atom. The van der Waals surface area contributed by atoms with E-state index in [0.717, 1.165) is 18.9 Å². The predicted molar refractivity (Wildman–Crippen MR) is 69.7 cm³/mol. The molecule has 1 aliphatic rings. The highest BCUT2D eigenvalue weighted by Crippen LogP contribution is 2.30. The number of rotatable bonds is 4. The molecule has 0 heterocycles. The summed E-state index contributed by atoms with van der Waals surface area (Å²) < 4.78 is 26.8. The fourth-order valence-corrected chi connectivity index (χ4v) is 2.06. The summed E-state index contributed by atoms with van der Waals surface area (Å²) in [6, 6.07) is 1.94. The van der Waals surface area contributed by atoms with Gasteiger partial charge in [0.1, 0.15) is 11.6 Å². The Bertz CT molecular complexity index is 498. The zero-order valence-electron chi connectivity index (χ0n) is 11.1. The van der Waals surface area contributed by atoms with Gasteiger partial charge in [0.2, 0.25) is 0 Å². The number of carbonyl (C=O) groups is 1. The molecular weight excluding hydrogens is 250 g/mol. The van der Waals surface area contributed by atoms with Crippen LogP contribution in [-0.4, -0.2) is 23.4 Å². The summed E-state index contributed by atoms with van der Waals surface area (Å²) in [6.45, 7) is 4.57. The number of hydrogen-bond donors (Lipinski definition) is 1. The van der Waals surface area contributed by atoms with Crippen LogP contribution in [0.3, 0.4) is 0 Å². The van der Waals surface area contributed by atoms with Crippen molar-refractivity contribution < 1.29 is 13.6 Å². The Kier molecular flexibility index (Phi) is 3.73. The monoisotopic (exact) mass is 268 g/mol. The lowest BCUT2D eigenvalue weighted by molar-refractivity contribution is 0.0717. The normalized spacial score (nSPS) is 14.8. The van der Waals surface area contributed by atoms with Gasteiger partial charge in [-0.15, -0.1) is 0 Å². The van der Waals surface area contributed by atoms with Crippen LogP contribution in [0.15, 0.2) is 12.1 Å². The van der Waals surface area contributed by atoms with Crippen molar-refractivity contribution in [3.8, 4) is 0 Å². The first-order valence-corrected chi connectivity index (χ1v) is 6.45. The third-order valence-corrected chi connectivity index (χ3v) is 3.13. The minimum atomic E-state index is -0.855. The first-order chi connectivity index (χ1) is 8.90. The molecule has 0 aliphatic heterocycles. The average molecular weight is 268 g/mol. The molecule has 1 fully saturated rings. The van der Waals surface area contributed by atoms with E-state index in [-0.39, 0.29) is 17.3 Å². The summed E-state index contributed by atoms with van der Waals surface area (Å²) in [6.07, 6.45) is 1.88. The fraction of sp³-hybridized carbons (Fsp3) is 0.500. The van der Waals surface area contributed by atoms with E-state index in [9.17, 15) is 13.6 Å². The van der Waals surface area contributed by atoms with Crippen molar-refractivity contribution in [2.75, 3.05) is 12.3 Å². The van der Waals surface area contributed by atoms with Gasteiger partial charge in [-0.3, -0.25) is 4.79 Å². The first-order valence-electron chi connectivity index (χ1n) is 6.45. The van der Waals surface area contributed by atoms with E-state index in [2.05, 4.69) is 0 Å². The Morgan fingerprint density at radius 2 is 2.00 bits per heavy atom. The Morgan fingerprint density at radius 1 is 1.37 bits per heavy atom. The van der Waals surface area contributed by atoms with Crippen molar-refractivity contribution in [3.63, 3.8) is 0 Å². The number of amides is 1. The number of carbonyl (C=O) groups excluding carboxylic acids is 1. The highest BCUT2D eigenvalue weighted by Gasteiger charge is 2.34. The van der Waals surface area contributed by atoms with Crippen LogP contribution in [0.4, 0.5) is 14.5 Å². The maximum absolute atomic E-state index is 13.7. The van der Waals surface area contributed by atoms with Gasteiger partial charge in [0.25, 0.3) is 5.91 Å². The maximum Gasteiger partial charge on any atom is 0.257 e. The van der Waals surface area contributed by atoms with Crippen LogP contribution in [-0.2, 0) is 0 Å². The van der Waals surface area contributed by atoms with Crippen molar-refractivity contribution in [2.24, 2.45) is 5.92 Å². The molecule has 19 heavy (non-hydrogen) atoms. The lowest BCUT2D eigenvalue weighted by atomic mass is 10.1. The van der Waals surface area contributed by atoms with Gasteiger partial charge in [-0.05, 0) is 24.8 Å². The molecule has 2 rings (SSSR count). The lowest BCUT2D eigenvalue weighted by Crippen LogP contribution is -2.36. The number of benzene rings is 1. The first kappa shape index (κ1) is 13.8. The predicted octanol–water partition coefficient (Wildman–Crippen LogP) is 2.81. The molecular formula is C14H18F2N2O. The van der Waals surface area contributed by atoms with Crippen LogP contribution >= 0.6 is 0 Å². The van der Waals surface area contributed by atoms with Crippen molar-refractivity contribution in [3.05, 3.63) is 29.3 Å². The smallest absolute Gasteiger partial charge is 0.257 e. The van der Waals surface area contributed by atoms with Crippen LogP contribution in [0, 0.1) is 17.6 Å². The lowest BCUT2D eigenvalue weighted by Gasteiger charge is -2.24. The molecule has 1 saturated carbocycles. The van der Waals surface area contributed by atoms with Crippen molar-refractivity contribution in [1.82, 2.24) is 4.90 Å². The Hall–Kier alpha value is -1.65. The average Bonchev–Trinajstić information content (AvgIpc) is 3.14. The largest absolute Gasteiger partial charge is 0.396 e. The topological polar surface area (TPSA) is 46.3 Å². The summed E-state index contributed by atoms with van der Waals surface area (Å²) in [5.74, 6) is -1.80. The Labute approximate surface area is 111 Å². The zero-order chi connectivity index (χ0) is 14.2. The van der Waals surface area contributed by atoms with E-state index in [4.69, 9.17) is 5.73 Å². The molecule has 0 unspecified atom stereocenters. The molecule has 5 heteroatoms. The molecule has 2 N–H and O–H groups in total. The van der Waals surface area contributed by atoms with Crippen LogP contribution in [0.2, 0.25) is 0 Å². The second-order valence-corrected chi connectivity index (χ2v) is 5.44. The summed E-state index contributed by atoms with van der Waals surface area (Å²) >= 11 is 0. The molecule has 0 aromatic heterocycles. The highest BCUT2D eigenvalue weighted by atomic mass is 19.1. The van der Waals surface area contributed by atoms with E-state index in [1.807, 2.05) is 13.8 Å². The minimum Gasteiger partial charge on any atom is -0.396 e. The number of hydrogen-bond acceptors (Lipinski definition) is 2. The minimum absolute atomic E-state index is 0.147. The molecule has 0 radical (unpaired) electrons. The molecule has 0 bridgehead atoms. The van der Waals surface area contributed by atoms with Gasteiger partial charge in [0, 0.05) is 18.7 Å². The fourth-order valence-electron chi connectivity index (χ4n) is 2.06. The van der Waals surface area contributed by atoms with Crippen molar-refractivity contribution in [2.45, 2.75) is 32.7 Å². The maximum atomic E-state index is 13.7. The molecule has 1 aromatic carbocycles. The second kappa shape index (κ2) is 5.15. The van der Waals surface area contributed by atoms with Gasteiger partial charge < -0.3 is 10.6 Å². The number of nitrogens with two attached hydrogens (primary N) is 1. The number of anilines is 1. The standard InChI is InChI=1S/C14H18F2N2O/c1-8(2)7-18(9-3-4-9)14(19)10-5-13(17)12(16)6-11(10)15/h5-6,8-9H,3-4,7,17H2,1-2H3. The van der Waals surface area contributed by atoms with Gasteiger partial charge in [0.05, 0.1) is 11.3 Å². The van der Waals surface area contributed by atoms with E-state index in [1.54, 1.807) is 4.90 Å². The molecule has 0 spiro atoms. The van der Waals surface area contributed by atoms with Gasteiger partial charge in [-0.1, -0.05) is 13.8 Å². The van der Waals surface area contributed by atoms with Crippen LogP contribution in [0.5, 0.6) is 0 Å². The number of nitrogen functional groups attached to an aromatic ring is 1. The SMILES string of the molecule is CC(C)CN(C(=O)c1cc(N)c(F)cc1F)C1CC1. The van der Waals surface area contributed by atoms with Gasteiger partial charge in [-0.2, -0.15) is 0 Å². The highest BCUT2D eigenvalue weighted by molar-refractivity contribution is 5.95. The summed E-state index contributed by atoms with van der Waals surface area (Å²) in [5, 5.41) is 0. The van der Waals surface area contributed by atoms with Gasteiger partial charge >= 0.3 is 0 Å². The summed E-state index contributed by atoms with van der Waals surface area (Å²) in [4.78, 5) is 14.0. The number of halogens is 2. The van der Waals surface area contributed by atoms with E-state index in [1.165, 1.54) is 0 Å². The van der Waals surface area contributed by atoms with E-state index in [0.29, 0.717) is 18.5 Å². The van der Waals surface area contributed by atoms with Crippen LogP contribution in [0.1, 0.15) is 37.0 Å². The van der Waals surface area contributed by atoms with Crippen molar-refractivity contribution in [1.29, 1.82) is 0 Å². The Balaban J connectivity index is 2.28. The van der Waals surface area contributed by atoms with Gasteiger partial charge in [-0.25, -0.2) is 8.78 Å². The molecule has 104 valence electrons. The molecule has 3 nitrogen and oxygen atoms in total. The van der Waals surface area contributed by atoms with Crippen LogP contribution in [0.25, 0.3) is 0 Å². The zero-order valence-corrected chi connectivity index (χ0v) is 11.1. The van der Waals surface area contributed by atoms with Crippen molar-refractivity contribution >= 4 is 11.6 Å². The third kappa shape index (κ3) is 3.03. The van der Waals surface area contributed by atoms with Crippen LogP contribution < -0.4 is 5.73 Å². The molecule has 1 amide bonds. The van der Waals surface area contributed by atoms with E-state index < -0.39 is 17.5 Å². The van der Waals surface area contributed by atoms with Gasteiger partial charge in [0.15, 0.2) is 0 Å². The quantitative estimate of drug-likeness (QED) is 0.853. The second-order valence-electron chi connectivity index (χ2n) is 5.44. The molecule has 0 saturated heterocycles. The van der Waals surface area contributed by atoms with E-state index >= 15 is 0 Å². The molecule has 0 atom stereocenters. The summed E-state index contributed by atoms with van der Waals surface area (Å²) in [7, 11) is 0. The third-order valence-electron chi connectivity index (χ3n) is 3.13. The molecule has 1 aliphatic carbocycles.